The summed E-state index contributed by atoms with van der Waals surface area (Å²) in [6, 6.07) is 0. The van der Waals surface area contributed by atoms with E-state index in [-0.39, 0.29) is 0 Å². The van der Waals surface area contributed by atoms with Gasteiger partial charge in [-0.2, -0.15) is 0 Å². The topological polar surface area (TPSA) is 40.5 Å². The average Bonchev–Trinajstić information content (AvgIpc) is 2.45. The van der Waals surface area contributed by atoms with Crippen molar-refractivity contribution in [3.05, 3.63) is 6.92 Å². The molecule has 0 saturated carbocycles. The van der Waals surface area contributed by atoms with Gasteiger partial charge in [0.25, 0.3) is 0 Å². The zero-order chi connectivity index (χ0) is 15.1. The van der Waals surface area contributed by atoms with Crippen LogP contribution in [0.25, 0.3) is 0 Å². The molecule has 2 nitrogen and oxygen atoms in total. The van der Waals surface area contributed by atoms with Crippen LogP contribution in [-0.2, 0) is 0 Å². The SMILES string of the molecule is [CH2]CCCCCCC(O)C(O)CCCCCCCCC. The van der Waals surface area contributed by atoms with Crippen LogP contribution in [0.5, 0.6) is 0 Å². The maximum atomic E-state index is 9.90. The number of hydrogen-bond donors (Lipinski definition) is 2. The van der Waals surface area contributed by atoms with E-state index in [0.29, 0.717) is 0 Å². The van der Waals surface area contributed by atoms with E-state index >= 15 is 0 Å². The molecule has 0 amide bonds. The van der Waals surface area contributed by atoms with E-state index in [4.69, 9.17) is 0 Å². The summed E-state index contributed by atoms with van der Waals surface area (Å²) in [5.41, 5.74) is 0. The second-order valence-corrected chi connectivity index (χ2v) is 6.10. The highest BCUT2D eigenvalue weighted by Gasteiger charge is 2.14. The van der Waals surface area contributed by atoms with E-state index in [1.165, 1.54) is 51.4 Å². The molecule has 121 valence electrons. The van der Waals surface area contributed by atoms with E-state index < -0.39 is 12.2 Å². The molecule has 2 heteroatoms. The Balaban J connectivity index is 3.34. The van der Waals surface area contributed by atoms with Gasteiger partial charge < -0.3 is 10.2 Å². The van der Waals surface area contributed by atoms with Crippen molar-refractivity contribution in [3.8, 4) is 0 Å². The fourth-order valence-corrected chi connectivity index (χ4v) is 2.58. The molecule has 2 N–H and O–H groups in total. The summed E-state index contributed by atoms with van der Waals surface area (Å²) in [6.45, 7) is 6.06. The van der Waals surface area contributed by atoms with Crippen molar-refractivity contribution in [2.45, 2.75) is 109 Å². The van der Waals surface area contributed by atoms with E-state index in [1.807, 2.05) is 0 Å². The van der Waals surface area contributed by atoms with Crippen LogP contribution in [0.1, 0.15) is 96.8 Å². The highest BCUT2D eigenvalue weighted by Crippen LogP contribution is 2.14. The summed E-state index contributed by atoms with van der Waals surface area (Å²) in [7, 11) is 0. The molecule has 0 aliphatic rings. The van der Waals surface area contributed by atoms with Crippen LogP contribution in [0.15, 0.2) is 0 Å². The summed E-state index contributed by atoms with van der Waals surface area (Å²) < 4.78 is 0. The van der Waals surface area contributed by atoms with Crippen molar-refractivity contribution < 1.29 is 10.2 Å². The Bertz CT molecular complexity index is 182. The second kappa shape index (κ2) is 15.3. The number of rotatable bonds is 15. The predicted molar refractivity (Wildman–Crippen MR) is 87.7 cm³/mol. The summed E-state index contributed by atoms with van der Waals surface area (Å²) in [5.74, 6) is 0. The van der Waals surface area contributed by atoms with Gasteiger partial charge in [-0.25, -0.2) is 0 Å². The molecule has 2 atom stereocenters. The minimum absolute atomic E-state index is 0.515. The third-order valence-electron chi connectivity index (χ3n) is 4.05. The van der Waals surface area contributed by atoms with Gasteiger partial charge in [0.05, 0.1) is 12.2 Å². The van der Waals surface area contributed by atoms with Crippen molar-refractivity contribution in [1.82, 2.24) is 0 Å². The van der Waals surface area contributed by atoms with Crippen LogP contribution in [0, 0.1) is 6.92 Å². The standard InChI is InChI=1S/C18H37O2/c1-3-5-7-9-10-12-14-16-18(20)17(19)15-13-11-8-6-4-2/h17-20H,2-16H2,1H3. The quantitative estimate of drug-likeness (QED) is 0.415. The van der Waals surface area contributed by atoms with E-state index in [9.17, 15) is 10.2 Å². The third kappa shape index (κ3) is 12.9. The van der Waals surface area contributed by atoms with Gasteiger partial charge >= 0.3 is 0 Å². The zero-order valence-corrected chi connectivity index (χ0v) is 13.7. The number of aliphatic hydroxyl groups is 2. The van der Waals surface area contributed by atoms with Gasteiger partial charge in [0.2, 0.25) is 0 Å². The van der Waals surface area contributed by atoms with Crippen LogP contribution >= 0.6 is 0 Å². The Morgan fingerprint density at radius 1 is 0.650 bits per heavy atom. The zero-order valence-electron chi connectivity index (χ0n) is 13.7. The fourth-order valence-electron chi connectivity index (χ4n) is 2.58. The van der Waals surface area contributed by atoms with Crippen molar-refractivity contribution in [3.63, 3.8) is 0 Å². The van der Waals surface area contributed by atoms with E-state index in [1.54, 1.807) is 0 Å². The molecule has 0 rings (SSSR count). The minimum atomic E-state index is -0.519. The van der Waals surface area contributed by atoms with E-state index in [2.05, 4.69) is 13.8 Å². The van der Waals surface area contributed by atoms with Crippen LogP contribution in [-0.4, -0.2) is 22.4 Å². The molecular weight excluding hydrogens is 248 g/mol. The Kier molecular flexibility index (Phi) is 15.3. The Labute approximate surface area is 127 Å². The lowest BCUT2D eigenvalue weighted by atomic mass is 10.00. The summed E-state index contributed by atoms with van der Waals surface area (Å²) in [6.07, 6.45) is 14.8. The first-order valence-electron chi connectivity index (χ1n) is 8.87. The van der Waals surface area contributed by atoms with Gasteiger partial charge in [-0.1, -0.05) is 90.9 Å². The Morgan fingerprint density at radius 3 is 1.50 bits per heavy atom. The molecule has 0 spiro atoms. The van der Waals surface area contributed by atoms with Gasteiger partial charge in [0, 0.05) is 0 Å². The van der Waals surface area contributed by atoms with Crippen LogP contribution in [0.2, 0.25) is 0 Å². The smallest absolute Gasteiger partial charge is 0.0799 e. The molecule has 0 aliphatic heterocycles. The lowest BCUT2D eigenvalue weighted by Gasteiger charge is -2.17. The molecule has 2 unspecified atom stereocenters. The number of unbranched alkanes of at least 4 members (excludes halogenated alkanes) is 10. The third-order valence-corrected chi connectivity index (χ3v) is 4.05. The number of aliphatic hydroxyl groups excluding tert-OH is 2. The molecule has 0 aromatic rings. The fraction of sp³-hybridized carbons (Fsp3) is 0.944. The van der Waals surface area contributed by atoms with Crippen molar-refractivity contribution in [1.29, 1.82) is 0 Å². The highest BCUT2D eigenvalue weighted by molar-refractivity contribution is 4.67. The lowest BCUT2D eigenvalue weighted by Crippen LogP contribution is -2.25. The Morgan fingerprint density at radius 2 is 1.05 bits per heavy atom. The molecule has 0 aromatic carbocycles. The summed E-state index contributed by atoms with van der Waals surface area (Å²) in [4.78, 5) is 0. The van der Waals surface area contributed by atoms with Crippen molar-refractivity contribution in [2.24, 2.45) is 0 Å². The molecule has 1 radical (unpaired) electrons. The molecule has 0 saturated heterocycles. The normalized spacial score (nSPS) is 14.4. The average molecular weight is 285 g/mol. The van der Waals surface area contributed by atoms with Crippen molar-refractivity contribution >= 4 is 0 Å². The maximum Gasteiger partial charge on any atom is 0.0799 e. The maximum absolute atomic E-state index is 9.90. The molecule has 0 aromatic heterocycles. The highest BCUT2D eigenvalue weighted by atomic mass is 16.3. The first-order chi connectivity index (χ1) is 9.72. The van der Waals surface area contributed by atoms with Crippen LogP contribution in [0.4, 0.5) is 0 Å². The number of hydrogen-bond acceptors (Lipinski definition) is 2. The Hall–Kier alpha value is -0.0800. The molecule has 0 bridgehead atoms. The molecular formula is C18H37O2. The van der Waals surface area contributed by atoms with E-state index in [0.717, 1.165) is 38.5 Å². The second-order valence-electron chi connectivity index (χ2n) is 6.10. The van der Waals surface area contributed by atoms with Gasteiger partial charge in [0.1, 0.15) is 0 Å². The summed E-state index contributed by atoms with van der Waals surface area (Å²) >= 11 is 0. The largest absolute Gasteiger partial charge is 0.390 e. The molecule has 0 fully saturated rings. The first kappa shape index (κ1) is 19.9. The molecule has 0 aliphatic carbocycles. The van der Waals surface area contributed by atoms with Gasteiger partial charge in [-0.3, -0.25) is 0 Å². The predicted octanol–water partition coefficient (Wildman–Crippen LogP) is 5.02. The van der Waals surface area contributed by atoms with Gasteiger partial charge in [-0.05, 0) is 12.8 Å². The van der Waals surface area contributed by atoms with Gasteiger partial charge in [-0.15, -0.1) is 0 Å². The van der Waals surface area contributed by atoms with Crippen LogP contribution < -0.4 is 0 Å². The van der Waals surface area contributed by atoms with Crippen LogP contribution in [0.3, 0.4) is 0 Å². The van der Waals surface area contributed by atoms with Gasteiger partial charge in [0.15, 0.2) is 0 Å². The first-order valence-corrected chi connectivity index (χ1v) is 8.87. The summed E-state index contributed by atoms with van der Waals surface area (Å²) in [5, 5.41) is 19.8. The monoisotopic (exact) mass is 285 g/mol. The van der Waals surface area contributed by atoms with Crippen molar-refractivity contribution in [2.75, 3.05) is 0 Å². The lowest BCUT2D eigenvalue weighted by molar-refractivity contribution is 0.00712. The molecule has 20 heavy (non-hydrogen) atoms. The minimum Gasteiger partial charge on any atom is -0.390 e. The molecule has 0 heterocycles.